The van der Waals surface area contributed by atoms with E-state index >= 15 is 0 Å². The molecule has 10 aromatic rings. The van der Waals surface area contributed by atoms with E-state index in [-0.39, 0.29) is 5.41 Å². The molecule has 0 saturated carbocycles. The molecule has 4 heterocycles. The second kappa shape index (κ2) is 12.3. The maximum Gasteiger partial charge on any atom is 0.167 e. The average Bonchev–Trinajstić information content (AvgIpc) is 3.76. The number of pyridine rings is 1. The quantitative estimate of drug-likeness (QED) is 0.179. The third kappa shape index (κ3) is 5.34. The van der Waals surface area contributed by atoms with Crippen molar-refractivity contribution < 1.29 is 4.42 Å². The first kappa shape index (κ1) is 31.8. The summed E-state index contributed by atoms with van der Waals surface area (Å²) in [5, 5.41) is 4.51. The molecule has 0 N–H and O–H groups in total. The molecule has 0 aliphatic heterocycles. The first-order chi connectivity index (χ1) is 26.4. The van der Waals surface area contributed by atoms with Crippen LogP contribution in [0.1, 0.15) is 26.3 Å². The van der Waals surface area contributed by atoms with Crippen LogP contribution >= 0.6 is 0 Å². The van der Waals surface area contributed by atoms with E-state index in [1.807, 2.05) is 54.7 Å². The molecule has 0 amide bonds. The molecule has 6 aromatic carbocycles. The van der Waals surface area contributed by atoms with Crippen molar-refractivity contribution in [1.29, 1.82) is 0 Å². The molecule has 0 unspecified atom stereocenters. The van der Waals surface area contributed by atoms with Crippen LogP contribution in [0.5, 0.6) is 0 Å². The van der Waals surface area contributed by atoms with E-state index in [2.05, 4.69) is 128 Å². The smallest absolute Gasteiger partial charge is 0.167 e. The van der Waals surface area contributed by atoms with Crippen molar-refractivity contribution in [2.24, 2.45) is 0 Å². The molecule has 0 fully saturated rings. The highest BCUT2D eigenvalue weighted by Gasteiger charge is 2.21. The summed E-state index contributed by atoms with van der Waals surface area (Å²) >= 11 is 0. The maximum absolute atomic E-state index is 6.13. The maximum atomic E-state index is 6.13. The number of para-hydroxylation sites is 2. The van der Waals surface area contributed by atoms with Gasteiger partial charge in [-0.05, 0) is 70.6 Å². The van der Waals surface area contributed by atoms with Gasteiger partial charge in [0.25, 0.3) is 0 Å². The van der Waals surface area contributed by atoms with Crippen LogP contribution < -0.4 is 0 Å². The van der Waals surface area contributed by atoms with Gasteiger partial charge in [-0.3, -0.25) is 4.57 Å². The molecule has 0 atom stereocenters. The lowest BCUT2D eigenvalue weighted by Gasteiger charge is -2.19. The van der Waals surface area contributed by atoms with Gasteiger partial charge in [-0.1, -0.05) is 124 Å². The predicted octanol–water partition coefficient (Wildman–Crippen LogP) is 12.2. The minimum absolute atomic E-state index is 0.0357. The Labute approximate surface area is 312 Å². The fourth-order valence-corrected chi connectivity index (χ4v) is 7.50. The molecule has 0 saturated heterocycles. The molecule has 6 heteroatoms. The van der Waals surface area contributed by atoms with E-state index in [1.54, 1.807) is 0 Å². The largest absolute Gasteiger partial charge is 0.456 e. The summed E-state index contributed by atoms with van der Waals surface area (Å²) in [5.41, 5.74) is 10.1. The lowest BCUT2D eigenvalue weighted by Crippen LogP contribution is -2.10. The summed E-state index contributed by atoms with van der Waals surface area (Å²) in [4.78, 5) is 20.3. The van der Waals surface area contributed by atoms with Crippen molar-refractivity contribution in [3.63, 3.8) is 0 Å². The Morgan fingerprint density at radius 1 is 0.463 bits per heavy atom. The topological polar surface area (TPSA) is 69.6 Å². The number of rotatable bonds is 5. The Morgan fingerprint density at radius 2 is 1.06 bits per heavy atom. The molecule has 0 bridgehead atoms. The summed E-state index contributed by atoms with van der Waals surface area (Å²) in [7, 11) is 0. The zero-order valence-electron chi connectivity index (χ0n) is 30.2. The molecule has 258 valence electrons. The van der Waals surface area contributed by atoms with Crippen LogP contribution in [0.2, 0.25) is 0 Å². The molecule has 0 aliphatic carbocycles. The highest BCUT2D eigenvalue weighted by Crippen LogP contribution is 2.39. The number of hydrogen-bond acceptors (Lipinski definition) is 5. The summed E-state index contributed by atoms with van der Waals surface area (Å²) in [6, 6.07) is 52.5. The normalized spacial score (nSPS) is 12.0. The lowest BCUT2D eigenvalue weighted by molar-refractivity contribution is 0.590. The lowest BCUT2D eigenvalue weighted by atomic mass is 9.87. The van der Waals surface area contributed by atoms with Gasteiger partial charge in [0, 0.05) is 38.9 Å². The molecule has 4 aromatic heterocycles. The molecule has 0 aliphatic rings. The summed E-state index contributed by atoms with van der Waals surface area (Å²) in [5.74, 6) is 2.54. The Hall–Kier alpha value is -6.92. The van der Waals surface area contributed by atoms with Gasteiger partial charge in [0.2, 0.25) is 0 Å². The van der Waals surface area contributed by atoms with Gasteiger partial charge >= 0.3 is 0 Å². The van der Waals surface area contributed by atoms with Crippen molar-refractivity contribution in [2.45, 2.75) is 26.2 Å². The third-order valence-corrected chi connectivity index (χ3v) is 10.3. The summed E-state index contributed by atoms with van der Waals surface area (Å²) in [6.07, 6.45) is 1.84. The fraction of sp³-hybridized carbons (Fsp3) is 0.0833. The zero-order valence-corrected chi connectivity index (χ0v) is 30.2. The van der Waals surface area contributed by atoms with Crippen molar-refractivity contribution in [2.75, 3.05) is 0 Å². The average molecular weight is 698 g/mol. The Morgan fingerprint density at radius 3 is 1.83 bits per heavy atom. The van der Waals surface area contributed by atoms with Crippen molar-refractivity contribution >= 4 is 43.7 Å². The van der Waals surface area contributed by atoms with E-state index < -0.39 is 0 Å². The zero-order chi connectivity index (χ0) is 36.4. The fourth-order valence-electron chi connectivity index (χ4n) is 7.50. The van der Waals surface area contributed by atoms with Gasteiger partial charge in [-0.15, -0.1) is 0 Å². The molecular weight excluding hydrogens is 663 g/mol. The molecule has 6 nitrogen and oxygen atoms in total. The molecule has 10 rings (SSSR count). The van der Waals surface area contributed by atoms with Crippen LogP contribution in [0, 0.1) is 0 Å². The highest BCUT2D eigenvalue weighted by atomic mass is 16.3. The molecule has 0 spiro atoms. The van der Waals surface area contributed by atoms with E-state index in [0.29, 0.717) is 17.5 Å². The van der Waals surface area contributed by atoms with Crippen molar-refractivity contribution in [3.8, 4) is 51.1 Å². The van der Waals surface area contributed by atoms with Gasteiger partial charge in [-0.25, -0.2) is 19.9 Å². The van der Waals surface area contributed by atoms with Crippen molar-refractivity contribution in [3.05, 3.63) is 163 Å². The Bertz CT molecular complexity index is 3020. The van der Waals surface area contributed by atoms with Crippen LogP contribution in [0.15, 0.2) is 162 Å². The Balaban J connectivity index is 1.15. The van der Waals surface area contributed by atoms with Gasteiger partial charge in [0.05, 0.1) is 16.6 Å². The third-order valence-electron chi connectivity index (χ3n) is 10.3. The molecule has 54 heavy (non-hydrogen) atoms. The minimum atomic E-state index is 0.0357. The van der Waals surface area contributed by atoms with E-state index in [4.69, 9.17) is 24.4 Å². The monoisotopic (exact) mass is 697 g/mol. The standard InChI is InChI=1S/C48H35N5O/c1-48(2,3)34-23-19-31(20-24-34)45-50-44(30-12-5-4-6-13-30)51-46(52-45)37-16-11-27-49-47(37)53-40-17-9-7-14-35(40)38-28-32(21-25-41(38)53)33-22-26-43-39(29-33)36-15-8-10-18-42(36)54-43/h4-29H,1-3H3. The minimum Gasteiger partial charge on any atom is -0.456 e. The second-order valence-electron chi connectivity index (χ2n) is 14.8. The van der Waals surface area contributed by atoms with E-state index in [0.717, 1.165) is 77.4 Å². The number of furan rings is 1. The summed E-state index contributed by atoms with van der Waals surface area (Å²) in [6.45, 7) is 6.66. The van der Waals surface area contributed by atoms with Crippen LogP contribution in [0.3, 0.4) is 0 Å². The number of benzene rings is 6. The van der Waals surface area contributed by atoms with Gasteiger partial charge < -0.3 is 4.42 Å². The number of hydrogen-bond donors (Lipinski definition) is 0. The Kier molecular flexibility index (Phi) is 7.27. The van der Waals surface area contributed by atoms with Crippen LogP contribution in [-0.4, -0.2) is 24.5 Å². The second-order valence-corrected chi connectivity index (χ2v) is 14.8. The van der Waals surface area contributed by atoms with E-state index in [9.17, 15) is 0 Å². The van der Waals surface area contributed by atoms with E-state index in [1.165, 1.54) is 5.56 Å². The van der Waals surface area contributed by atoms with Crippen LogP contribution in [-0.2, 0) is 5.41 Å². The predicted molar refractivity (Wildman–Crippen MR) is 220 cm³/mol. The molecule has 0 radical (unpaired) electrons. The number of nitrogens with zero attached hydrogens (tertiary/aromatic N) is 5. The first-order valence-corrected chi connectivity index (χ1v) is 18.2. The molecular formula is C48H35N5O. The van der Waals surface area contributed by atoms with Crippen LogP contribution in [0.25, 0.3) is 94.9 Å². The van der Waals surface area contributed by atoms with Gasteiger partial charge in [0.15, 0.2) is 17.5 Å². The number of fused-ring (bicyclic) bond motifs is 6. The summed E-state index contributed by atoms with van der Waals surface area (Å²) < 4.78 is 8.36. The number of aromatic nitrogens is 5. The van der Waals surface area contributed by atoms with Crippen molar-refractivity contribution in [1.82, 2.24) is 24.5 Å². The van der Waals surface area contributed by atoms with Crippen LogP contribution in [0.4, 0.5) is 0 Å². The first-order valence-electron chi connectivity index (χ1n) is 18.2. The van der Waals surface area contributed by atoms with Gasteiger partial charge in [0.1, 0.15) is 17.0 Å². The van der Waals surface area contributed by atoms with Gasteiger partial charge in [-0.2, -0.15) is 0 Å². The highest BCUT2D eigenvalue weighted by molar-refractivity contribution is 6.11. The SMILES string of the molecule is CC(C)(C)c1ccc(-c2nc(-c3ccccc3)nc(-c3cccnc3-n3c4ccccc4c4cc(-c5ccc6oc7ccccc7c6c5)ccc43)n2)cc1.